The zero-order chi connectivity index (χ0) is 16.8. The Bertz CT molecular complexity index is 455. The van der Waals surface area contributed by atoms with Gasteiger partial charge >= 0.3 is 19.8 Å². The zero-order valence-electron chi connectivity index (χ0n) is 11.4. The van der Waals surface area contributed by atoms with E-state index in [1.54, 1.807) is 0 Å². The lowest BCUT2D eigenvalue weighted by molar-refractivity contribution is -0.183. The lowest BCUT2D eigenvalue weighted by Crippen LogP contribution is -2.35. The van der Waals surface area contributed by atoms with Crippen molar-refractivity contribution < 1.29 is 37.9 Å². The highest BCUT2D eigenvalue weighted by atomic mass is 35.5. The van der Waals surface area contributed by atoms with Gasteiger partial charge in [0.05, 0.1) is 6.61 Å². The molecule has 0 aliphatic rings. The van der Waals surface area contributed by atoms with Gasteiger partial charge in [0.1, 0.15) is 5.38 Å². The maximum Gasteiger partial charge on any atom is 0.469 e. The summed E-state index contributed by atoms with van der Waals surface area (Å²) in [5.41, 5.74) is 0.0392. The van der Waals surface area contributed by atoms with Crippen molar-refractivity contribution >= 4 is 31.4 Å². The summed E-state index contributed by atoms with van der Waals surface area (Å²) in [5, 5.41) is -1.34. The molecule has 0 spiro atoms. The van der Waals surface area contributed by atoms with Gasteiger partial charge in [-0.15, -0.1) is 11.6 Å². The molecule has 0 aliphatic carbocycles. The molecule has 0 aromatic rings. The summed E-state index contributed by atoms with van der Waals surface area (Å²) < 4.78 is 24.3. The summed E-state index contributed by atoms with van der Waals surface area (Å²) in [6, 6.07) is 0. The van der Waals surface area contributed by atoms with Crippen LogP contribution < -0.4 is 0 Å². The molecule has 21 heavy (non-hydrogen) atoms. The van der Waals surface area contributed by atoms with E-state index in [0.717, 1.165) is 0 Å². The van der Waals surface area contributed by atoms with E-state index in [4.69, 9.17) is 30.9 Å². The summed E-state index contributed by atoms with van der Waals surface area (Å²) in [6.07, 6.45) is -1.62. The predicted molar refractivity (Wildman–Crippen MR) is 73.2 cm³/mol. The fraction of sp³-hybridized carbons (Fsp3) is 0.455. The first-order valence-corrected chi connectivity index (χ1v) is 7.48. The van der Waals surface area contributed by atoms with Crippen LogP contribution in [0.3, 0.4) is 0 Å². The molecular formula is C11H16ClO8P. The van der Waals surface area contributed by atoms with Crippen molar-refractivity contribution in [2.75, 3.05) is 6.61 Å². The van der Waals surface area contributed by atoms with Gasteiger partial charge in [-0.3, -0.25) is 4.52 Å². The number of phosphoric acid groups is 1. The van der Waals surface area contributed by atoms with Crippen LogP contribution in [0.25, 0.3) is 0 Å². The van der Waals surface area contributed by atoms with Crippen molar-refractivity contribution in [3.05, 3.63) is 24.3 Å². The molecule has 1 unspecified atom stereocenters. The first-order valence-electron chi connectivity index (χ1n) is 5.51. The SMILES string of the molecule is C=C(C)C(=O)OC(OC(=O)C(=C)C)C(Cl)COP(=O)(O)O. The minimum Gasteiger partial charge on any atom is -0.420 e. The molecule has 0 fully saturated rings. The van der Waals surface area contributed by atoms with E-state index in [9.17, 15) is 14.2 Å². The Balaban J connectivity index is 4.89. The van der Waals surface area contributed by atoms with E-state index in [1.165, 1.54) is 13.8 Å². The van der Waals surface area contributed by atoms with E-state index < -0.39 is 38.0 Å². The molecule has 0 amide bonds. The van der Waals surface area contributed by atoms with E-state index in [1.807, 2.05) is 0 Å². The number of hydrogen-bond acceptors (Lipinski definition) is 6. The van der Waals surface area contributed by atoms with E-state index in [2.05, 4.69) is 17.7 Å². The van der Waals surface area contributed by atoms with Crippen LogP contribution >= 0.6 is 19.4 Å². The summed E-state index contributed by atoms with van der Waals surface area (Å²) in [6.45, 7) is 8.67. The van der Waals surface area contributed by atoms with Gasteiger partial charge < -0.3 is 19.3 Å². The number of halogens is 1. The molecule has 0 rings (SSSR count). The number of esters is 2. The van der Waals surface area contributed by atoms with Gasteiger partial charge in [-0.2, -0.15) is 0 Å². The van der Waals surface area contributed by atoms with E-state index >= 15 is 0 Å². The van der Waals surface area contributed by atoms with Crippen LogP contribution in [0, 0.1) is 0 Å². The Hall–Kier alpha value is -1.18. The second kappa shape index (κ2) is 8.31. The molecule has 0 radical (unpaired) electrons. The Morgan fingerprint density at radius 3 is 1.81 bits per heavy atom. The van der Waals surface area contributed by atoms with Crippen LogP contribution in [0.5, 0.6) is 0 Å². The molecular weight excluding hydrogens is 327 g/mol. The lowest BCUT2D eigenvalue weighted by atomic mass is 10.3. The van der Waals surface area contributed by atoms with E-state index in [-0.39, 0.29) is 11.1 Å². The lowest BCUT2D eigenvalue weighted by Gasteiger charge is -2.22. The molecule has 0 bridgehead atoms. The van der Waals surface area contributed by atoms with Crippen LogP contribution in [0.1, 0.15) is 13.8 Å². The Morgan fingerprint density at radius 1 is 1.14 bits per heavy atom. The van der Waals surface area contributed by atoms with Crippen LogP contribution in [-0.4, -0.2) is 40.0 Å². The van der Waals surface area contributed by atoms with Crippen molar-refractivity contribution in [1.29, 1.82) is 0 Å². The highest BCUT2D eigenvalue weighted by Gasteiger charge is 2.30. The van der Waals surface area contributed by atoms with Crippen molar-refractivity contribution in [2.45, 2.75) is 25.5 Å². The molecule has 0 aromatic carbocycles. The number of rotatable bonds is 8. The standard InChI is InChI=1S/C11H16ClO8P/c1-6(2)9(13)19-11(20-10(14)7(3)4)8(12)5-18-21(15,16)17/h8,11H,1,3,5H2,2,4H3,(H2,15,16,17). The smallest absolute Gasteiger partial charge is 0.420 e. The van der Waals surface area contributed by atoms with Gasteiger partial charge in [-0.1, -0.05) is 13.2 Å². The van der Waals surface area contributed by atoms with Gasteiger partial charge in [0.15, 0.2) is 0 Å². The minimum atomic E-state index is -4.77. The van der Waals surface area contributed by atoms with Crippen molar-refractivity contribution in [2.24, 2.45) is 0 Å². The van der Waals surface area contributed by atoms with Crippen LogP contribution in [0.4, 0.5) is 0 Å². The first-order chi connectivity index (χ1) is 9.44. The van der Waals surface area contributed by atoms with Gasteiger partial charge in [0, 0.05) is 11.1 Å². The summed E-state index contributed by atoms with van der Waals surface area (Å²) >= 11 is 5.77. The minimum absolute atomic E-state index is 0.0196. The summed E-state index contributed by atoms with van der Waals surface area (Å²) in [5.74, 6) is -1.78. The molecule has 8 nitrogen and oxygen atoms in total. The Labute approximate surface area is 126 Å². The average molecular weight is 343 g/mol. The number of phosphoric ester groups is 1. The molecule has 0 heterocycles. The molecule has 1 atom stereocenters. The molecule has 10 heteroatoms. The second-order valence-corrected chi connectivity index (χ2v) is 5.84. The van der Waals surface area contributed by atoms with Gasteiger partial charge in [0.2, 0.25) is 0 Å². The molecule has 0 aromatic heterocycles. The van der Waals surface area contributed by atoms with Crippen molar-refractivity contribution in [3.8, 4) is 0 Å². The highest BCUT2D eigenvalue weighted by molar-refractivity contribution is 7.46. The fourth-order valence-corrected chi connectivity index (χ4v) is 1.44. The normalized spacial score (nSPS) is 12.7. The summed E-state index contributed by atoms with van der Waals surface area (Å²) in [4.78, 5) is 40.0. The summed E-state index contributed by atoms with van der Waals surface area (Å²) in [7, 11) is -4.77. The zero-order valence-corrected chi connectivity index (χ0v) is 13.1. The maximum atomic E-state index is 11.4. The van der Waals surface area contributed by atoms with Crippen molar-refractivity contribution in [3.63, 3.8) is 0 Å². The van der Waals surface area contributed by atoms with Gasteiger partial charge in [-0.25, -0.2) is 14.2 Å². The third-order valence-corrected chi connectivity index (χ3v) is 2.66. The first kappa shape index (κ1) is 19.8. The molecule has 0 aliphatic heterocycles. The predicted octanol–water partition coefficient (Wildman–Crippen LogP) is 1.27. The van der Waals surface area contributed by atoms with Crippen LogP contribution in [0.2, 0.25) is 0 Å². The third-order valence-electron chi connectivity index (χ3n) is 1.84. The molecule has 0 saturated heterocycles. The largest absolute Gasteiger partial charge is 0.469 e. The Kier molecular flexibility index (Phi) is 7.84. The number of carbonyl (C=O) groups excluding carboxylic acids is 2. The number of hydrogen-bond donors (Lipinski definition) is 2. The maximum absolute atomic E-state index is 11.4. The topological polar surface area (TPSA) is 119 Å². The van der Waals surface area contributed by atoms with Crippen LogP contribution in [-0.2, 0) is 28.2 Å². The number of ether oxygens (including phenoxy) is 2. The second-order valence-electron chi connectivity index (χ2n) is 4.04. The molecule has 2 N–H and O–H groups in total. The Morgan fingerprint density at radius 2 is 1.52 bits per heavy atom. The fourth-order valence-electron chi connectivity index (χ4n) is 0.831. The van der Waals surface area contributed by atoms with Crippen LogP contribution in [0.15, 0.2) is 24.3 Å². The molecule has 120 valence electrons. The highest BCUT2D eigenvalue weighted by Crippen LogP contribution is 2.36. The number of alkyl halides is 1. The quantitative estimate of drug-likeness (QED) is 0.222. The van der Waals surface area contributed by atoms with Crippen molar-refractivity contribution in [1.82, 2.24) is 0 Å². The number of carbonyl (C=O) groups is 2. The van der Waals surface area contributed by atoms with Gasteiger partial charge in [-0.05, 0) is 13.8 Å². The average Bonchev–Trinajstić information content (AvgIpc) is 2.33. The third kappa shape index (κ3) is 8.64. The molecule has 0 saturated carbocycles. The van der Waals surface area contributed by atoms with Gasteiger partial charge in [0.25, 0.3) is 6.29 Å². The van der Waals surface area contributed by atoms with E-state index in [0.29, 0.717) is 0 Å². The monoisotopic (exact) mass is 342 g/mol.